The highest BCUT2D eigenvalue weighted by Crippen LogP contribution is 2.34. The summed E-state index contributed by atoms with van der Waals surface area (Å²) in [6.07, 6.45) is 8.68. The van der Waals surface area contributed by atoms with Crippen LogP contribution in [0.1, 0.15) is 36.0 Å². The quantitative estimate of drug-likeness (QED) is 0.751. The van der Waals surface area contributed by atoms with E-state index in [9.17, 15) is 14.4 Å². The van der Waals surface area contributed by atoms with Crippen LogP contribution in [0.5, 0.6) is 5.75 Å². The van der Waals surface area contributed by atoms with E-state index in [4.69, 9.17) is 9.26 Å². The number of amides is 3. The molecule has 2 aliphatic rings. The number of allylic oxidation sites excluding steroid dienone is 4. The molecule has 1 aromatic heterocycles. The third-order valence-electron chi connectivity index (χ3n) is 5.80. The Bertz CT molecular complexity index is 1150. The van der Waals surface area contributed by atoms with Crippen molar-refractivity contribution >= 4 is 29.1 Å². The van der Waals surface area contributed by atoms with Gasteiger partial charge in [-0.15, -0.1) is 0 Å². The maximum absolute atomic E-state index is 13.1. The minimum Gasteiger partial charge on any atom is -0.489 e. The molecular formula is C24H26N4O5. The number of aromatic nitrogens is 1. The van der Waals surface area contributed by atoms with Crippen molar-refractivity contribution in [1.82, 2.24) is 10.5 Å². The number of carbonyl (C=O) groups excluding carboxylic acids is 3. The number of hydrogen-bond donors (Lipinski definition) is 1. The Kier molecular flexibility index (Phi) is 6.30. The van der Waals surface area contributed by atoms with Crippen molar-refractivity contribution in [3.63, 3.8) is 0 Å². The number of carbonyl (C=O) groups is 3. The Labute approximate surface area is 191 Å². The van der Waals surface area contributed by atoms with Gasteiger partial charge in [0, 0.05) is 39.2 Å². The summed E-state index contributed by atoms with van der Waals surface area (Å²) in [4.78, 5) is 40.4. The highest BCUT2D eigenvalue weighted by Gasteiger charge is 2.32. The Morgan fingerprint density at radius 2 is 2.12 bits per heavy atom. The fraction of sp³-hybridized carbons (Fsp3) is 0.333. The number of benzene rings is 1. The fourth-order valence-corrected chi connectivity index (χ4v) is 3.74. The second kappa shape index (κ2) is 9.32. The minimum atomic E-state index is -0.907. The lowest BCUT2D eigenvalue weighted by atomic mass is 10.0. The zero-order valence-corrected chi connectivity index (χ0v) is 18.8. The molecule has 9 nitrogen and oxygen atoms in total. The molecule has 3 amide bonds. The number of anilines is 2. The van der Waals surface area contributed by atoms with Crippen LogP contribution in [0.2, 0.25) is 0 Å². The molecule has 0 fully saturated rings. The monoisotopic (exact) mass is 450 g/mol. The summed E-state index contributed by atoms with van der Waals surface area (Å²) < 4.78 is 11.1. The Hall–Kier alpha value is -3.88. The van der Waals surface area contributed by atoms with Crippen molar-refractivity contribution in [2.45, 2.75) is 32.2 Å². The Morgan fingerprint density at radius 3 is 2.85 bits per heavy atom. The Morgan fingerprint density at radius 1 is 1.30 bits per heavy atom. The van der Waals surface area contributed by atoms with Crippen LogP contribution in [0.4, 0.5) is 11.4 Å². The van der Waals surface area contributed by atoms with E-state index >= 15 is 0 Å². The molecule has 33 heavy (non-hydrogen) atoms. The second-order valence-electron chi connectivity index (χ2n) is 8.11. The highest BCUT2D eigenvalue weighted by atomic mass is 16.5. The van der Waals surface area contributed by atoms with Crippen molar-refractivity contribution in [3.8, 4) is 5.75 Å². The number of likely N-dealkylation sites (N-methyl/N-ethyl adjacent to an activating group) is 1. The highest BCUT2D eigenvalue weighted by molar-refractivity contribution is 6.03. The summed E-state index contributed by atoms with van der Waals surface area (Å²) in [6, 6.07) is 5.84. The van der Waals surface area contributed by atoms with E-state index in [1.54, 1.807) is 38.4 Å². The van der Waals surface area contributed by atoms with Crippen molar-refractivity contribution in [1.29, 1.82) is 0 Å². The third-order valence-corrected chi connectivity index (χ3v) is 5.80. The third kappa shape index (κ3) is 4.82. The molecule has 0 spiro atoms. The van der Waals surface area contributed by atoms with Crippen LogP contribution >= 0.6 is 0 Å². The van der Waals surface area contributed by atoms with Crippen LogP contribution in [0.3, 0.4) is 0 Å². The van der Waals surface area contributed by atoms with E-state index in [1.165, 1.54) is 22.3 Å². The molecule has 172 valence electrons. The smallest absolute Gasteiger partial charge is 0.274 e. The lowest BCUT2D eigenvalue weighted by Crippen LogP contribution is -2.49. The van der Waals surface area contributed by atoms with E-state index in [0.29, 0.717) is 29.3 Å². The molecule has 0 saturated heterocycles. The molecule has 0 saturated carbocycles. The van der Waals surface area contributed by atoms with E-state index in [1.807, 2.05) is 12.2 Å². The summed E-state index contributed by atoms with van der Waals surface area (Å²) in [6.45, 7) is 1.43. The van der Waals surface area contributed by atoms with Gasteiger partial charge in [-0.05, 0) is 31.0 Å². The standard InChI is InChI=1S/C24H26N4O5/c1-15(29)27(2)17-9-10-22-21(12-17)28(3)24(31)20(14-32-22)25-23(30)19-13-18(33-26-19)11-16-7-5-4-6-8-16/h4-5,7,9-10,12-13,20H,6,8,11,14H2,1-3H3,(H,25,30)/t20-/m0/s1. The molecular weight excluding hydrogens is 424 g/mol. The van der Waals surface area contributed by atoms with Crippen LogP contribution in [0.15, 0.2) is 52.6 Å². The molecule has 2 aromatic rings. The first-order chi connectivity index (χ1) is 15.8. The van der Waals surface area contributed by atoms with Gasteiger partial charge in [-0.3, -0.25) is 14.4 Å². The van der Waals surface area contributed by atoms with Crippen molar-refractivity contribution in [3.05, 3.63) is 59.5 Å². The first-order valence-corrected chi connectivity index (χ1v) is 10.7. The summed E-state index contributed by atoms with van der Waals surface area (Å²) in [5.74, 6) is 0.0962. The van der Waals surface area contributed by atoms with E-state index in [-0.39, 0.29) is 24.1 Å². The maximum Gasteiger partial charge on any atom is 0.274 e. The SMILES string of the molecule is CC(=O)N(C)c1ccc2c(c1)N(C)C(=O)[C@@H](NC(=O)c1cc(CC3=CC=CCC3)on1)CO2. The first-order valence-electron chi connectivity index (χ1n) is 10.7. The van der Waals surface area contributed by atoms with Gasteiger partial charge in [0.2, 0.25) is 5.91 Å². The average molecular weight is 450 g/mol. The van der Waals surface area contributed by atoms with Crippen LogP contribution in [-0.4, -0.2) is 49.6 Å². The van der Waals surface area contributed by atoms with Gasteiger partial charge in [-0.1, -0.05) is 29.0 Å². The van der Waals surface area contributed by atoms with Crippen LogP contribution in [-0.2, 0) is 16.0 Å². The predicted octanol–water partition coefficient (Wildman–Crippen LogP) is 2.63. The molecule has 0 unspecified atom stereocenters. The largest absolute Gasteiger partial charge is 0.489 e. The van der Waals surface area contributed by atoms with Crippen LogP contribution in [0.25, 0.3) is 0 Å². The summed E-state index contributed by atoms with van der Waals surface area (Å²) in [7, 11) is 3.26. The van der Waals surface area contributed by atoms with Gasteiger partial charge in [0.15, 0.2) is 5.69 Å². The van der Waals surface area contributed by atoms with Crippen molar-refractivity contribution < 1.29 is 23.6 Å². The number of nitrogens with one attached hydrogen (secondary N) is 1. The summed E-state index contributed by atoms with van der Waals surface area (Å²) in [5.41, 5.74) is 2.47. The van der Waals surface area contributed by atoms with Gasteiger partial charge in [0.25, 0.3) is 11.8 Å². The van der Waals surface area contributed by atoms with E-state index in [2.05, 4.69) is 16.5 Å². The number of hydrogen-bond acceptors (Lipinski definition) is 6. The summed E-state index contributed by atoms with van der Waals surface area (Å²) in [5, 5.41) is 6.56. The van der Waals surface area contributed by atoms with Gasteiger partial charge in [-0.25, -0.2) is 0 Å². The maximum atomic E-state index is 13.1. The molecule has 9 heteroatoms. The Balaban J connectivity index is 1.45. The fourth-order valence-electron chi connectivity index (χ4n) is 3.74. The molecule has 4 rings (SSSR count). The zero-order chi connectivity index (χ0) is 23.5. The first kappa shape index (κ1) is 22.3. The number of rotatable bonds is 5. The molecule has 0 radical (unpaired) electrons. The van der Waals surface area contributed by atoms with Gasteiger partial charge in [0.1, 0.15) is 24.2 Å². The topological polar surface area (TPSA) is 105 Å². The molecule has 2 heterocycles. The molecule has 1 aliphatic heterocycles. The van der Waals surface area contributed by atoms with Gasteiger partial charge in [0.05, 0.1) is 5.69 Å². The van der Waals surface area contributed by atoms with Crippen molar-refractivity contribution in [2.24, 2.45) is 0 Å². The molecule has 1 atom stereocenters. The van der Waals surface area contributed by atoms with Crippen molar-refractivity contribution in [2.75, 3.05) is 30.5 Å². The van der Waals surface area contributed by atoms with E-state index in [0.717, 1.165) is 12.8 Å². The van der Waals surface area contributed by atoms with Gasteiger partial charge >= 0.3 is 0 Å². The molecule has 1 aliphatic carbocycles. The zero-order valence-electron chi connectivity index (χ0n) is 18.8. The lowest BCUT2D eigenvalue weighted by Gasteiger charge is -2.22. The minimum absolute atomic E-state index is 0.0340. The molecule has 0 bridgehead atoms. The van der Waals surface area contributed by atoms with Gasteiger partial charge in [-0.2, -0.15) is 0 Å². The molecule has 1 N–H and O–H groups in total. The number of ether oxygens (including phenoxy) is 1. The number of fused-ring (bicyclic) bond motifs is 1. The lowest BCUT2D eigenvalue weighted by molar-refractivity contribution is -0.120. The van der Waals surface area contributed by atoms with Crippen LogP contribution < -0.4 is 19.9 Å². The summed E-state index contributed by atoms with van der Waals surface area (Å²) >= 11 is 0. The predicted molar refractivity (Wildman–Crippen MR) is 122 cm³/mol. The van der Waals surface area contributed by atoms with Gasteiger partial charge < -0.3 is 24.4 Å². The molecule has 1 aromatic carbocycles. The van der Waals surface area contributed by atoms with E-state index < -0.39 is 11.9 Å². The normalized spacial score (nSPS) is 17.5. The number of nitrogens with zero attached hydrogens (tertiary/aromatic N) is 3. The average Bonchev–Trinajstić information content (AvgIpc) is 3.25. The van der Waals surface area contributed by atoms with Crippen LogP contribution in [0, 0.1) is 0 Å². The second-order valence-corrected chi connectivity index (χ2v) is 8.11.